The molecule has 0 spiro atoms. The lowest BCUT2D eigenvalue weighted by molar-refractivity contribution is 0.254. The molecule has 2 aromatic heterocycles. The van der Waals surface area contributed by atoms with Crippen molar-refractivity contribution in [3.05, 3.63) is 53.2 Å². The van der Waals surface area contributed by atoms with E-state index in [0.29, 0.717) is 0 Å². The van der Waals surface area contributed by atoms with E-state index in [0.717, 1.165) is 34.1 Å². The van der Waals surface area contributed by atoms with Crippen LogP contribution in [0.15, 0.2) is 42.0 Å². The van der Waals surface area contributed by atoms with Gasteiger partial charge in [0.05, 0.1) is 4.88 Å². The van der Waals surface area contributed by atoms with E-state index in [4.69, 9.17) is 9.84 Å². The lowest BCUT2D eigenvalue weighted by atomic mass is 10.1. The zero-order chi connectivity index (χ0) is 16.5. The number of aliphatic hydroxyl groups excluding tert-OH is 1. The maximum Gasteiger partial charge on any atom is 0.154 e. The number of fused-ring (bicyclic) bond motifs is 1. The molecule has 5 heteroatoms. The van der Waals surface area contributed by atoms with Gasteiger partial charge in [-0.15, -0.1) is 11.3 Å². The summed E-state index contributed by atoms with van der Waals surface area (Å²) in [6, 6.07) is 8.27. The Morgan fingerprint density at radius 2 is 2.33 bits per heavy atom. The minimum atomic E-state index is -0.130. The van der Waals surface area contributed by atoms with Gasteiger partial charge in [0.15, 0.2) is 5.82 Å². The quantitative estimate of drug-likeness (QED) is 0.731. The summed E-state index contributed by atoms with van der Waals surface area (Å²) < 4.78 is 7.86. The highest BCUT2D eigenvalue weighted by Crippen LogP contribution is 2.33. The lowest BCUT2D eigenvalue weighted by Gasteiger charge is -2.08. The van der Waals surface area contributed by atoms with E-state index in [2.05, 4.69) is 40.4 Å². The highest BCUT2D eigenvalue weighted by Gasteiger charge is 2.20. The van der Waals surface area contributed by atoms with Crippen LogP contribution >= 0.6 is 11.3 Å². The Bertz CT molecular complexity index is 946. The van der Waals surface area contributed by atoms with Crippen molar-refractivity contribution in [1.82, 2.24) is 9.55 Å². The third-order valence-electron chi connectivity index (χ3n) is 3.93. The molecule has 0 saturated carbocycles. The molecule has 1 N–H and O–H groups in total. The third-order valence-corrected chi connectivity index (χ3v) is 4.86. The van der Waals surface area contributed by atoms with Crippen LogP contribution in [0.4, 0.5) is 0 Å². The maximum absolute atomic E-state index is 8.81. The summed E-state index contributed by atoms with van der Waals surface area (Å²) in [7, 11) is 0. The zero-order valence-electron chi connectivity index (χ0n) is 13.2. The summed E-state index contributed by atoms with van der Waals surface area (Å²) in [5.41, 5.74) is 3.21. The van der Waals surface area contributed by atoms with E-state index >= 15 is 0 Å². The Morgan fingerprint density at radius 3 is 3.21 bits per heavy atom. The van der Waals surface area contributed by atoms with Crippen LogP contribution in [0.3, 0.4) is 0 Å². The second kappa shape index (κ2) is 6.16. The van der Waals surface area contributed by atoms with Gasteiger partial charge in [-0.3, -0.25) is 4.57 Å². The van der Waals surface area contributed by atoms with Crippen LogP contribution in [-0.4, -0.2) is 27.4 Å². The maximum atomic E-state index is 8.81. The zero-order valence-corrected chi connectivity index (χ0v) is 14.0. The van der Waals surface area contributed by atoms with Crippen molar-refractivity contribution < 1.29 is 9.84 Å². The van der Waals surface area contributed by atoms with Gasteiger partial charge < -0.3 is 9.84 Å². The number of aliphatic hydroxyl groups is 1. The van der Waals surface area contributed by atoms with E-state index in [-0.39, 0.29) is 12.7 Å². The fourth-order valence-corrected chi connectivity index (χ4v) is 3.75. The summed E-state index contributed by atoms with van der Waals surface area (Å²) in [6.07, 6.45) is 4.95. The first-order valence-corrected chi connectivity index (χ1v) is 8.64. The molecule has 3 heterocycles. The molecule has 4 nitrogen and oxygen atoms in total. The van der Waals surface area contributed by atoms with Crippen LogP contribution in [0.5, 0.6) is 5.75 Å². The fraction of sp³-hybridized carbons (Fsp3) is 0.211. The van der Waals surface area contributed by atoms with Crippen LogP contribution in [0.2, 0.25) is 0 Å². The van der Waals surface area contributed by atoms with E-state index in [1.807, 2.05) is 23.7 Å². The van der Waals surface area contributed by atoms with Crippen molar-refractivity contribution >= 4 is 11.3 Å². The lowest BCUT2D eigenvalue weighted by Crippen LogP contribution is -2.05. The monoisotopic (exact) mass is 336 g/mol. The van der Waals surface area contributed by atoms with Crippen molar-refractivity contribution in [2.75, 3.05) is 6.61 Å². The van der Waals surface area contributed by atoms with Crippen LogP contribution in [0, 0.1) is 11.8 Å². The summed E-state index contributed by atoms with van der Waals surface area (Å²) >= 11 is 1.60. The molecule has 0 bridgehead atoms. The van der Waals surface area contributed by atoms with Gasteiger partial charge in [0.1, 0.15) is 18.5 Å². The van der Waals surface area contributed by atoms with Crippen molar-refractivity contribution in [3.63, 3.8) is 0 Å². The number of hydrogen-bond donors (Lipinski definition) is 1. The molecule has 120 valence electrons. The predicted octanol–water partition coefficient (Wildman–Crippen LogP) is 3.27. The average molecular weight is 336 g/mol. The highest BCUT2D eigenvalue weighted by molar-refractivity contribution is 7.13. The smallest absolute Gasteiger partial charge is 0.154 e. The van der Waals surface area contributed by atoms with Gasteiger partial charge in [-0.05, 0) is 36.8 Å². The summed E-state index contributed by atoms with van der Waals surface area (Å²) in [4.78, 5) is 5.56. The van der Waals surface area contributed by atoms with Gasteiger partial charge in [-0.1, -0.05) is 11.8 Å². The molecule has 0 saturated heterocycles. The Morgan fingerprint density at radius 1 is 1.42 bits per heavy atom. The molecule has 4 rings (SSSR count). The van der Waals surface area contributed by atoms with Crippen molar-refractivity contribution in [3.8, 4) is 34.0 Å². The Hall–Kier alpha value is -2.55. The minimum absolute atomic E-state index is 0.130. The number of benzene rings is 1. The van der Waals surface area contributed by atoms with E-state index < -0.39 is 0 Å². The predicted molar refractivity (Wildman–Crippen MR) is 94.6 cm³/mol. The molecular weight excluding hydrogens is 320 g/mol. The average Bonchev–Trinajstić information content (AvgIpc) is 3.29. The fourth-order valence-electron chi connectivity index (χ4n) is 2.91. The summed E-state index contributed by atoms with van der Waals surface area (Å²) in [5, 5.41) is 10.8. The number of aromatic nitrogens is 2. The SMILES string of the molecule is C[C@@H]1Cc2cc(-n3ccnc3-c3cc(C#CCO)cs3)ccc2O1. The number of imidazole rings is 1. The van der Waals surface area contributed by atoms with Crippen molar-refractivity contribution in [2.24, 2.45) is 0 Å². The van der Waals surface area contributed by atoms with E-state index in [1.165, 1.54) is 5.56 Å². The second-order valence-corrected chi connectivity index (χ2v) is 6.62. The van der Waals surface area contributed by atoms with Crippen molar-refractivity contribution in [1.29, 1.82) is 0 Å². The van der Waals surface area contributed by atoms with Gasteiger partial charge in [-0.2, -0.15) is 0 Å². The molecule has 0 amide bonds. The third kappa shape index (κ3) is 2.71. The van der Waals surface area contributed by atoms with Gasteiger partial charge in [0.2, 0.25) is 0 Å². The van der Waals surface area contributed by atoms with Crippen LogP contribution in [0.25, 0.3) is 16.4 Å². The van der Waals surface area contributed by atoms with Crippen LogP contribution < -0.4 is 4.74 Å². The number of thiophene rings is 1. The molecule has 0 aliphatic carbocycles. The van der Waals surface area contributed by atoms with Crippen molar-refractivity contribution in [2.45, 2.75) is 19.4 Å². The molecule has 3 aromatic rings. The molecule has 24 heavy (non-hydrogen) atoms. The van der Waals surface area contributed by atoms with Gasteiger partial charge >= 0.3 is 0 Å². The first-order valence-electron chi connectivity index (χ1n) is 7.76. The Labute approximate surface area is 144 Å². The molecule has 1 aromatic carbocycles. The number of hydrogen-bond acceptors (Lipinski definition) is 4. The summed E-state index contributed by atoms with van der Waals surface area (Å²) in [6.45, 7) is 1.96. The largest absolute Gasteiger partial charge is 0.490 e. The van der Waals surface area contributed by atoms with E-state index in [1.54, 1.807) is 17.5 Å². The normalized spacial score (nSPS) is 15.5. The highest BCUT2D eigenvalue weighted by atomic mass is 32.1. The molecule has 1 atom stereocenters. The standard InChI is InChI=1S/C19H16N2O2S/c1-13-9-15-11-16(4-5-17(15)23-13)21-7-6-20-19(21)18-10-14(12-24-18)3-2-8-22/h4-7,10-13,22H,8-9H2,1H3/t13-/m1/s1. The molecule has 0 fully saturated rings. The first-order chi connectivity index (χ1) is 11.7. The summed E-state index contributed by atoms with van der Waals surface area (Å²) in [5.74, 6) is 7.47. The molecule has 0 unspecified atom stereocenters. The molecule has 1 aliphatic rings. The number of nitrogens with zero attached hydrogens (tertiary/aromatic N) is 2. The number of ether oxygens (including phenoxy) is 1. The van der Waals surface area contributed by atoms with E-state index in [9.17, 15) is 0 Å². The van der Waals surface area contributed by atoms with Gasteiger partial charge in [0, 0.05) is 35.4 Å². The van der Waals surface area contributed by atoms with Gasteiger partial charge in [0.25, 0.3) is 0 Å². The minimum Gasteiger partial charge on any atom is -0.490 e. The van der Waals surface area contributed by atoms with Crippen LogP contribution in [0.1, 0.15) is 18.1 Å². The second-order valence-electron chi connectivity index (χ2n) is 5.70. The first kappa shape index (κ1) is 15.0. The topological polar surface area (TPSA) is 47.3 Å². The molecular formula is C19H16N2O2S. The Kier molecular flexibility index (Phi) is 3.85. The van der Waals surface area contributed by atoms with Gasteiger partial charge in [-0.25, -0.2) is 4.98 Å². The van der Waals surface area contributed by atoms with Crippen LogP contribution in [-0.2, 0) is 6.42 Å². The molecule has 0 radical (unpaired) electrons. The molecule has 1 aliphatic heterocycles. The number of rotatable bonds is 2. The Balaban J connectivity index is 1.71.